The maximum absolute atomic E-state index is 14.1. The number of nitrogens with two attached hydrogens (primary N) is 1. The summed E-state index contributed by atoms with van der Waals surface area (Å²) in [5, 5.41) is 37.2. The molecule has 2 bridgehead atoms. The minimum Gasteiger partial charge on any atom is -0.456 e. The second kappa shape index (κ2) is 30.5. The number of aliphatic hydroxyl groups excluding tert-OH is 3. The molecule has 1 aliphatic carbocycles. The summed E-state index contributed by atoms with van der Waals surface area (Å²) >= 11 is 0. The third kappa shape index (κ3) is 17.4. The van der Waals surface area contributed by atoms with E-state index in [1.54, 1.807) is 27.2 Å². The van der Waals surface area contributed by atoms with E-state index in [1.807, 2.05) is 20.8 Å². The van der Waals surface area contributed by atoms with Gasteiger partial charge in [-0.2, -0.15) is 0 Å². The lowest BCUT2D eigenvalue weighted by Gasteiger charge is -2.45. The highest BCUT2D eigenvalue weighted by molar-refractivity contribution is 6.39. The van der Waals surface area contributed by atoms with Gasteiger partial charge in [0.25, 0.3) is 11.7 Å². The number of aliphatic hydroxyl groups is 4. The molecule has 13 nitrogen and oxygen atoms in total. The monoisotopic (exact) mass is 841 g/mol. The summed E-state index contributed by atoms with van der Waals surface area (Å²) in [5.74, 6) is -5.41. The van der Waals surface area contributed by atoms with E-state index in [0.29, 0.717) is 44.4 Å². The van der Waals surface area contributed by atoms with Crippen molar-refractivity contribution in [3.8, 4) is 0 Å². The summed E-state index contributed by atoms with van der Waals surface area (Å²) in [6.07, 6.45) is 14.5. The first-order chi connectivity index (χ1) is 28.2. The van der Waals surface area contributed by atoms with Gasteiger partial charge in [-0.1, -0.05) is 51.0 Å². The van der Waals surface area contributed by atoms with E-state index in [-0.39, 0.29) is 24.7 Å². The predicted molar refractivity (Wildman–Crippen MR) is 233 cm³/mol. The second-order valence-corrected chi connectivity index (χ2v) is 16.4. The Kier molecular flexibility index (Phi) is 29.2. The number of esters is 1. The number of piperidine rings is 1. The number of ether oxygens (including phenoxy) is 4. The van der Waals surface area contributed by atoms with Gasteiger partial charge in [-0.25, -0.2) is 4.79 Å². The van der Waals surface area contributed by atoms with Crippen LogP contribution in [-0.4, -0.2) is 127 Å². The highest BCUT2D eigenvalue weighted by Gasteiger charge is 2.55. The van der Waals surface area contributed by atoms with Gasteiger partial charge < -0.3 is 50.0 Å². The average Bonchev–Trinajstić information content (AvgIpc) is 3.25. The second-order valence-electron chi connectivity index (χ2n) is 16.4. The maximum Gasteiger partial charge on any atom is 0.329 e. The third-order valence-electron chi connectivity index (χ3n) is 11.9. The molecule has 3 heterocycles. The number of Topliss-reactive ketones (excluding diaryl/α,β-unsaturated/α-hetero) is 1. The third-order valence-corrected chi connectivity index (χ3v) is 11.9. The number of amides is 1. The number of allylic oxidation sites excluding steroid dienone is 4. The number of methoxy groups -OCH3 is 2. The molecule has 4 aliphatic rings. The fraction of sp³-hybridized carbons (Fsp3) is 0.804. The van der Waals surface area contributed by atoms with Crippen molar-refractivity contribution < 1.29 is 53.8 Å². The molecule has 6 N–H and O–H groups in total. The van der Waals surface area contributed by atoms with Crippen LogP contribution >= 0.6 is 0 Å². The molecule has 0 spiro atoms. The van der Waals surface area contributed by atoms with Gasteiger partial charge in [0, 0.05) is 46.8 Å². The fourth-order valence-electron chi connectivity index (χ4n) is 8.71. The largest absolute Gasteiger partial charge is 0.456 e. The Morgan fingerprint density at radius 2 is 1.58 bits per heavy atom. The number of ketones is 1. The molecule has 0 aromatic carbocycles. The zero-order chi connectivity index (χ0) is 45.3. The van der Waals surface area contributed by atoms with Gasteiger partial charge >= 0.3 is 5.97 Å². The first-order valence-corrected chi connectivity index (χ1v) is 21.8. The van der Waals surface area contributed by atoms with Crippen molar-refractivity contribution in [2.24, 2.45) is 29.4 Å². The first-order valence-electron chi connectivity index (χ1n) is 21.8. The SMILES string of the molecule is C=CC.CN.CO.CO.COC1CCCC(/C=C(\C)C2OC(=O)C3CCCCN3C(=O)C(=O)C3(O)OC(CCC(C)C/C(C)=C/CCCC(O)[C@H]2C)C(OC)CC3C)C1. The Balaban J connectivity index is 0.00000347. The standard InChI is InChI=1S/C40H65NO9.C3H6.CH5N.2CH4O/c1-25-13-8-9-17-33(42)29(5)36(27(3)22-30-14-12-15-31(24-30)47-6)49-39(45)32-16-10-11-20-41(32)38(44)37(43)40(46)28(4)23-35(48-7)34(50-40)19-18-26(2)21-25;1-3-2;3*1-2/h13,22,26,28-36,42,46H,8-12,14-21,23-24H2,1-7H3;3H,1H2,2H3;2H2,1H3;2*2H,1H3/b25-13+,27-22+;;;;/t26?,28?,29-,30?,31?,32?,33?,34?,35?,36?,40?;;;;/m1..../s1. The quantitative estimate of drug-likeness (QED) is 0.125. The first kappa shape index (κ1) is 56.5. The maximum atomic E-state index is 14.1. The van der Waals surface area contributed by atoms with Crippen LogP contribution in [0.2, 0.25) is 0 Å². The van der Waals surface area contributed by atoms with E-state index < -0.39 is 59.6 Å². The van der Waals surface area contributed by atoms with Crippen LogP contribution in [0.15, 0.2) is 36.0 Å². The molecule has 3 aliphatic heterocycles. The summed E-state index contributed by atoms with van der Waals surface area (Å²) in [7, 11) is 6.85. The summed E-state index contributed by atoms with van der Waals surface area (Å²) < 4.78 is 23.9. The number of fused-ring (bicyclic) bond motifs is 3. The number of hydrogen-bond acceptors (Lipinski definition) is 12. The van der Waals surface area contributed by atoms with Gasteiger partial charge in [0.1, 0.15) is 12.1 Å². The minimum atomic E-state index is -2.33. The Labute approximate surface area is 356 Å². The number of carbonyl (C=O) groups excluding carboxylic acids is 3. The molecule has 0 radical (unpaired) electrons. The molecule has 11 atom stereocenters. The molecule has 1 saturated carbocycles. The van der Waals surface area contributed by atoms with Crippen molar-refractivity contribution in [3.05, 3.63) is 36.0 Å². The molecule has 10 unspecified atom stereocenters. The van der Waals surface area contributed by atoms with E-state index in [4.69, 9.17) is 29.2 Å². The van der Waals surface area contributed by atoms with E-state index in [2.05, 4.69) is 38.3 Å². The Morgan fingerprint density at radius 3 is 2.19 bits per heavy atom. The molecule has 0 aromatic heterocycles. The summed E-state index contributed by atoms with van der Waals surface area (Å²) in [5.41, 5.74) is 6.64. The molecule has 59 heavy (non-hydrogen) atoms. The van der Waals surface area contributed by atoms with Crippen LogP contribution in [0.3, 0.4) is 0 Å². The Hall–Kier alpha value is -2.49. The summed E-state index contributed by atoms with van der Waals surface area (Å²) in [6, 6.07) is -0.986. The molecule has 2 saturated heterocycles. The molecule has 4 rings (SSSR count). The highest BCUT2D eigenvalue weighted by Crippen LogP contribution is 2.38. The number of rotatable bonds is 4. The van der Waals surface area contributed by atoms with Crippen LogP contribution in [0.1, 0.15) is 131 Å². The lowest BCUT2D eigenvalue weighted by Crippen LogP contribution is -2.62. The van der Waals surface area contributed by atoms with Crippen LogP contribution in [-0.2, 0) is 33.3 Å². The number of carbonyl (C=O) groups is 3. The van der Waals surface area contributed by atoms with Crippen molar-refractivity contribution in [2.75, 3.05) is 42.0 Å². The van der Waals surface area contributed by atoms with Crippen LogP contribution in [0.25, 0.3) is 0 Å². The molecular weight excluding hydrogens is 757 g/mol. The highest BCUT2D eigenvalue weighted by atomic mass is 16.7. The zero-order valence-corrected chi connectivity index (χ0v) is 38.5. The number of hydrogen-bond donors (Lipinski definition) is 5. The summed E-state index contributed by atoms with van der Waals surface area (Å²) in [4.78, 5) is 43.4. The lowest BCUT2D eigenvalue weighted by atomic mass is 9.83. The number of nitrogens with zero attached hydrogens (tertiary/aromatic N) is 1. The van der Waals surface area contributed by atoms with Crippen LogP contribution < -0.4 is 5.73 Å². The fourth-order valence-corrected chi connectivity index (χ4v) is 8.71. The smallest absolute Gasteiger partial charge is 0.329 e. The van der Waals surface area contributed by atoms with Gasteiger partial charge in [0.15, 0.2) is 0 Å². The topological polar surface area (TPSA) is 198 Å². The van der Waals surface area contributed by atoms with Gasteiger partial charge in [-0.05, 0) is 129 Å². The van der Waals surface area contributed by atoms with Crippen molar-refractivity contribution in [1.82, 2.24) is 4.90 Å². The molecular formula is C46H84N2O11. The number of cyclic esters (lactones) is 1. The van der Waals surface area contributed by atoms with E-state index in [9.17, 15) is 24.6 Å². The van der Waals surface area contributed by atoms with Crippen LogP contribution in [0.4, 0.5) is 0 Å². The predicted octanol–water partition coefficient (Wildman–Crippen LogP) is 6.05. The zero-order valence-electron chi connectivity index (χ0n) is 38.5. The van der Waals surface area contributed by atoms with E-state index >= 15 is 0 Å². The Morgan fingerprint density at radius 1 is 0.932 bits per heavy atom. The summed E-state index contributed by atoms with van der Waals surface area (Å²) in [6.45, 7) is 15.3. The molecule has 0 aromatic rings. The van der Waals surface area contributed by atoms with Gasteiger partial charge in [0.2, 0.25) is 5.79 Å². The molecule has 1 amide bonds. The van der Waals surface area contributed by atoms with E-state index in [0.717, 1.165) is 71.2 Å². The normalized spacial score (nSPS) is 34.9. The van der Waals surface area contributed by atoms with Crippen molar-refractivity contribution in [3.63, 3.8) is 0 Å². The average molecular weight is 841 g/mol. The lowest BCUT2D eigenvalue weighted by molar-refractivity contribution is -0.287. The van der Waals surface area contributed by atoms with Gasteiger partial charge in [-0.15, -0.1) is 6.58 Å². The van der Waals surface area contributed by atoms with Crippen molar-refractivity contribution in [1.29, 1.82) is 0 Å². The molecule has 344 valence electrons. The van der Waals surface area contributed by atoms with E-state index in [1.165, 1.54) is 17.5 Å². The van der Waals surface area contributed by atoms with Gasteiger partial charge in [-0.3, -0.25) is 9.59 Å². The van der Waals surface area contributed by atoms with Crippen molar-refractivity contribution in [2.45, 2.75) is 174 Å². The molecule has 13 heteroatoms. The van der Waals surface area contributed by atoms with Crippen LogP contribution in [0, 0.1) is 23.7 Å². The minimum absolute atomic E-state index is 0.187. The van der Waals surface area contributed by atoms with Crippen LogP contribution in [0.5, 0.6) is 0 Å². The van der Waals surface area contributed by atoms with Crippen molar-refractivity contribution >= 4 is 17.7 Å². The molecule has 3 fully saturated rings. The van der Waals surface area contributed by atoms with Gasteiger partial charge in [0.05, 0.1) is 24.4 Å². The Bertz CT molecular complexity index is 1280.